The fraction of sp³-hybridized carbons (Fsp3) is 0.300. The summed E-state index contributed by atoms with van der Waals surface area (Å²) in [5, 5.41) is 3.16. The maximum Gasteiger partial charge on any atom is 0.246 e. The van der Waals surface area contributed by atoms with E-state index in [0.29, 0.717) is 29.1 Å². The number of nitrogens with one attached hydrogen (secondary N) is 1. The lowest BCUT2D eigenvalue weighted by Gasteiger charge is -2.27. The maximum atomic E-state index is 13.3. The molecule has 1 amide bonds. The van der Waals surface area contributed by atoms with Crippen LogP contribution in [0.4, 0.5) is 5.69 Å². The number of hydrogen-bond donors (Lipinski definition) is 1. The number of anilines is 1. The summed E-state index contributed by atoms with van der Waals surface area (Å²) in [4.78, 5) is 24.5. The van der Waals surface area contributed by atoms with Crippen LogP contribution in [0.5, 0.6) is 0 Å². The van der Waals surface area contributed by atoms with Crippen LogP contribution >= 0.6 is 11.6 Å². The summed E-state index contributed by atoms with van der Waals surface area (Å²) in [7, 11) is -3.88. The van der Waals surface area contributed by atoms with E-state index in [1.54, 1.807) is 24.3 Å². The topological polar surface area (TPSA) is 80.3 Å². The molecule has 7 heteroatoms. The zero-order chi connectivity index (χ0) is 19.7. The predicted octanol–water partition coefficient (Wildman–Crippen LogP) is 4.27. The summed E-state index contributed by atoms with van der Waals surface area (Å²) in [6.45, 7) is 1.46. The smallest absolute Gasteiger partial charge is 0.246 e. The van der Waals surface area contributed by atoms with Crippen molar-refractivity contribution in [3.63, 3.8) is 0 Å². The molecule has 27 heavy (non-hydrogen) atoms. The van der Waals surface area contributed by atoms with Gasteiger partial charge in [0.05, 0.1) is 4.90 Å². The first-order valence-electron chi connectivity index (χ1n) is 8.69. The number of benzene rings is 2. The SMILES string of the molecule is CC(=O)c1ccc(NC(=O)C2(S(=O)(=O)c3ccc(Cl)cc3)CCCC2)cc1. The summed E-state index contributed by atoms with van der Waals surface area (Å²) >= 11 is 5.86. The molecule has 5 nitrogen and oxygen atoms in total. The number of ketones is 1. The van der Waals surface area contributed by atoms with Crippen LogP contribution in [0.15, 0.2) is 53.4 Å². The Kier molecular flexibility index (Phi) is 5.40. The van der Waals surface area contributed by atoms with Crippen LogP contribution in [-0.4, -0.2) is 24.9 Å². The number of hydrogen-bond acceptors (Lipinski definition) is 4. The summed E-state index contributed by atoms with van der Waals surface area (Å²) in [6.07, 6.45) is 1.89. The molecule has 0 spiro atoms. The Bertz CT molecular complexity index is 960. The Morgan fingerprint density at radius 3 is 2.04 bits per heavy atom. The van der Waals surface area contributed by atoms with Crippen molar-refractivity contribution in [1.29, 1.82) is 0 Å². The van der Waals surface area contributed by atoms with Gasteiger partial charge in [0.1, 0.15) is 0 Å². The van der Waals surface area contributed by atoms with E-state index in [9.17, 15) is 18.0 Å². The molecule has 0 saturated heterocycles. The molecule has 0 radical (unpaired) electrons. The van der Waals surface area contributed by atoms with E-state index in [2.05, 4.69) is 5.32 Å². The Balaban J connectivity index is 1.93. The lowest BCUT2D eigenvalue weighted by atomic mass is 10.1. The van der Waals surface area contributed by atoms with Crippen LogP contribution in [-0.2, 0) is 14.6 Å². The second-order valence-electron chi connectivity index (χ2n) is 6.75. The summed E-state index contributed by atoms with van der Waals surface area (Å²) < 4.78 is 25.1. The third-order valence-electron chi connectivity index (χ3n) is 5.01. The molecule has 1 saturated carbocycles. The van der Waals surface area contributed by atoms with E-state index in [0.717, 1.165) is 0 Å². The first-order chi connectivity index (χ1) is 12.8. The molecule has 3 rings (SSSR count). The van der Waals surface area contributed by atoms with Gasteiger partial charge in [-0.25, -0.2) is 8.42 Å². The lowest BCUT2D eigenvalue weighted by molar-refractivity contribution is -0.118. The van der Waals surface area contributed by atoms with Crippen LogP contribution in [0.25, 0.3) is 0 Å². The van der Waals surface area contributed by atoms with E-state index in [4.69, 9.17) is 11.6 Å². The highest BCUT2D eigenvalue weighted by molar-refractivity contribution is 7.93. The third kappa shape index (κ3) is 3.64. The summed E-state index contributed by atoms with van der Waals surface area (Å²) in [5.41, 5.74) is 0.986. The van der Waals surface area contributed by atoms with Crippen LogP contribution in [0.1, 0.15) is 43.0 Å². The molecule has 1 aliphatic carbocycles. The zero-order valence-electron chi connectivity index (χ0n) is 14.9. The van der Waals surface area contributed by atoms with Crippen LogP contribution in [0.2, 0.25) is 5.02 Å². The molecule has 0 aliphatic heterocycles. The average Bonchev–Trinajstić information content (AvgIpc) is 3.14. The number of carbonyl (C=O) groups excluding carboxylic acids is 2. The molecule has 0 atom stereocenters. The standard InChI is InChI=1S/C20H20ClNO4S/c1-14(23)15-4-8-17(9-5-15)22-19(24)20(12-2-3-13-20)27(25,26)18-10-6-16(21)7-11-18/h4-11H,2-3,12-13H2,1H3,(H,22,24). The van der Waals surface area contributed by atoms with Gasteiger partial charge in [0.15, 0.2) is 20.4 Å². The number of amides is 1. The minimum atomic E-state index is -3.88. The molecular weight excluding hydrogens is 386 g/mol. The van der Waals surface area contributed by atoms with Gasteiger partial charge in [0, 0.05) is 16.3 Å². The molecule has 0 bridgehead atoms. The monoisotopic (exact) mass is 405 g/mol. The lowest BCUT2D eigenvalue weighted by Crippen LogP contribution is -2.47. The molecule has 1 N–H and O–H groups in total. The molecule has 2 aromatic rings. The van der Waals surface area contributed by atoms with Crippen molar-refractivity contribution in [3.8, 4) is 0 Å². The quantitative estimate of drug-likeness (QED) is 0.753. The van der Waals surface area contributed by atoms with Gasteiger partial charge in [0.25, 0.3) is 0 Å². The molecule has 2 aromatic carbocycles. The van der Waals surface area contributed by atoms with Gasteiger partial charge in [-0.15, -0.1) is 0 Å². The van der Waals surface area contributed by atoms with Crippen molar-refractivity contribution in [2.24, 2.45) is 0 Å². The predicted molar refractivity (Wildman–Crippen MR) is 105 cm³/mol. The van der Waals surface area contributed by atoms with E-state index in [-0.39, 0.29) is 23.5 Å². The van der Waals surface area contributed by atoms with E-state index >= 15 is 0 Å². The number of carbonyl (C=O) groups is 2. The van der Waals surface area contributed by atoms with Gasteiger partial charge in [-0.3, -0.25) is 9.59 Å². The molecule has 0 aromatic heterocycles. The van der Waals surface area contributed by atoms with Crippen LogP contribution < -0.4 is 5.32 Å². The van der Waals surface area contributed by atoms with Crippen molar-refractivity contribution in [2.45, 2.75) is 42.2 Å². The number of rotatable bonds is 5. The number of halogens is 1. The van der Waals surface area contributed by atoms with Crippen molar-refractivity contribution in [3.05, 3.63) is 59.1 Å². The van der Waals surface area contributed by atoms with Crippen molar-refractivity contribution in [2.75, 3.05) is 5.32 Å². The highest BCUT2D eigenvalue weighted by atomic mass is 35.5. The summed E-state index contributed by atoms with van der Waals surface area (Å²) in [6, 6.07) is 12.3. The highest BCUT2D eigenvalue weighted by Gasteiger charge is 2.52. The fourth-order valence-corrected chi connectivity index (χ4v) is 5.63. The average molecular weight is 406 g/mol. The highest BCUT2D eigenvalue weighted by Crippen LogP contribution is 2.41. The minimum Gasteiger partial charge on any atom is -0.325 e. The van der Waals surface area contributed by atoms with Gasteiger partial charge in [-0.1, -0.05) is 24.4 Å². The molecule has 1 fully saturated rings. The Labute approximate surface area is 163 Å². The third-order valence-corrected chi connectivity index (χ3v) is 7.78. The first kappa shape index (κ1) is 19.6. The van der Waals surface area contributed by atoms with Gasteiger partial charge < -0.3 is 5.32 Å². The maximum absolute atomic E-state index is 13.3. The largest absolute Gasteiger partial charge is 0.325 e. The molecular formula is C20H20ClNO4S. The van der Waals surface area contributed by atoms with Gasteiger partial charge in [-0.05, 0) is 68.3 Å². The Hall–Kier alpha value is -2.18. The second-order valence-corrected chi connectivity index (χ2v) is 9.44. The first-order valence-corrected chi connectivity index (χ1v) is 10.5. The van der Waals surface area contributed by atoms with Crippen molar-refractivity contribution < 1.29 is 18.0 Å². The van der Waals surface area contributed by atoms with Crippen molar-refractivity contribution in [1.82, 2.24) is 0 Å². The summed E-state index contributed by atoms with van der Waals surface area (Å²) in [5.74, 6) is -0.615. The molecule has 142 valence electrons. The molecule has 1 aliphatic rings. The number of Topliss-reactive ketones (excluding diaryl/α,β-unsaturated/α-hetero) is 1. The Morgan fingerprint density at radius 1 is 0.963 bits per heavy atom. The van der Waals surface area contributed by atoms with E-state index in [1.807, 2.05) is 0 Å². The fourth-order valence-electron chi connectivity index (χ4n) is 3.44. The van der Waals surface area contributed by atoms with E-state index in [1.165, 1.54) is 31.2 Å². The zero-order valence-corrected chi connectivity index (χ0v) is 16.4. The van der Waals surface area contributed by atoms with Gasteiger partial charge in [0.2, 0.25) is 5.91 Å². The van der Waals surface area contributed by atoms with E-state index < -0.39 is 20.5 Å². The van der Waals surface area contributed by atoms with Crippen molar-refractivity contribution >= 4 is 38.8 Å². The molecule has 0 unspecified atom stereocenters. The Morgan fingerprint density at radius 2 is 1.52 bits per heavy atom. The minimum absolute atomic E-state index is 0.0783. The van der Waals surface area contributed by atoms with Crippen LogP contribution in [0, 0.1) is 0 Å². The second kappa shape index (κ2) is 7.44. The molecule has 0 heterocycles. The van der Waals surface area contributed by atoms with Gasteiger partial charge >= 0.3 is 0 Å². The van der Waals surface area contributed by atoms with Crippen LogP contribution in [0.3, 0.4) is 0 Å². The normalized spacial score (nSPS) is 16.1. The van der Waals surface area contributed by atoms with Gasteiger partial charge in [-0.2, -0.15) is 0 Å². The number of sulfone groups is 1.